The molecule has 33 heavy (non-hydrogen) atoms. The maximum atomic E-state index is 12.8. The average molecular weight is 461 g/mol. The lowest BCUT2D eigenvalue weighted by molar-refractivity contribution is -0.153. The van der Waals surface area contributed by atoms with Gasteiger partial charge in [0, 0.05) is 31.1 Å². The van der Waals surface area contributed by atoms with E-state index in [1.165, 1.54) is 32.3 Å². The van der Waals surface area contributed by atoms with E-state index in [9.17, 15) is 14.4 Å². The fraction of sp³-hybridized carbons (Fsp3) is 0.667. The highest BCUT2D eigenvalue weighted by Crippen LogP contribution is 2.37. The molecule has 0 heterocycles. The first-order valence-corrected chi connectivity index (χ1v) is 12.0. The molecule has 1 fully saturated rings. The standard InChI is InChI=1S/C27H40O6/c1-16(9-8-10-17(2)13-21-14-18(3)23(29)15-21)11-12-22-19(4)24(30)26(31-6)27(32-7)25(22)33-20(5)28/h10-11,18-19,21-22,25H,8-9,12-15H2,1-7H3/t18?,19-,21?,22-,25-/m1/s1. The van der Waals surface area contributed by atoms with Crippen LogP contribution >= 0.6 is 0 Å². The lowest BCUT2D eigenvalue weighted by Crippen LogP contribution is -2.42. The second-order valence-corrected chi connectivity index (χ2v) is 9.70. The summed E-state index contributed by atoms with van der Waals surface area (Å²) < 4.78 is 16.3. The van der Waals surface area contributed by atoms with E-state index in [1.54, 1.807) is 0 Å². The van der Waals surface area contributed by atoms with Gasteiger partial charge in [-0.05, 0) is 51.9 Å². The van der Waals surface area contributed by atoms with E-state index in [-0.39, 0.29) is 35.1 Å². The Hall–Kier alpha value is -2.37. The minimum absolute atomic E-state index is 0.132. The van der Waals surface area contributed by atoms with Crippen LogP contribution in [0, 0.1) is 23.7 Å². The minimum atomic E-state index is -0.655. The topological polar surface area (TPSA) is 78.9 Å². The summed E-state index contributed by atoms with van der Waals surface area (Å²) in [6.07, 6.45) is 8.94. The Morgan fingerprint density at radius 2 is 1.73 bits per heavy atom. The van der Waals surface area contributed by atoms with Crippen molar-refractivity contribution >= 4 is 17.5 Å². The fourth-order valence-corrected chi connectivity index (χ4v) is 5.05. The molecule has 2 aliphatic carbocycles. The molecular weight excluding hydrogens is 420 g/mol. The molecule has 0 saturated heterocycles. The zero-order chi connectivity index (χ0) is 24.7. The molecule has 6 heteroatoms. The molecule has 1 saturated carbocycles. The van der Waals surface area contributed by atoms with Crippen LogP contribution in [0.5, 0.6) is 0 Å². The number of esters is 1. The summed E-state index contributed by atoms with van der Waals surface area (Å²) >= 11 is 0. The largest absolute Gasteiger partial charge is 0.493 e. The van der Waals surface area contributed by atoms with E-state index in [4.69, 9.17) is 14.2 Å². The molecule has 0 spiro atoms. The number of carbonyl (C=O) groups is 3. The zero-order valence-corrected chi connectivity index (χ0v) is 21.2. The molecule has 2 unspecified atom stereocenters. The quantitative estimate of drug-likeness (QED) is 0.324. The first-order valence-electron chi connectivity index (χ1n) is 12.0. The van der Waals surface area contributed by atoms with Crippen molar-refractivity contribution < 1.29 is 28.6 Å². The second-order valence-electron chi connectivity index (χ2n) is 9.70. The minimum Gasteiger partial charge on any atom is -0.493 e. The van der Waals surface area contributed by atoms with Crippen LogP contribution in [0.3, 0.4) is 0 Å². The number of carbonyl (C=O) groups excluding carboxylic acids is 3. The maximum absolute atomic E-state index is 12.8. The molecule has 184 valence electrons. The van der Waals surface area contributed by atoms with Crippen molar-refractivity contribution in [2.24, 2.45) is 23.7 Å². The van der Waals surface area contributed by atoms with Crippen molar-refractivity contribution in [1.82, 2.24) is 0 Å². The molecule has 2 aliphatic rings. The molecule has 0 aromatic carbocycles. The van der Waals surface area contributed by atoms with Crippen molar-refractivity contribution in [2.45, 2.75) is 79.2 Å². The summed E-state index contributed by atoms with van der Waals surface area (Å²) in [5, 5.41) is 0. The van der Waals surface area contributed by atoms with Gasteiger partial charge in [-0.3, -0.25) is 14.4 Å². The lowest BCUT2D eigenvalue weighted by atomic mass is 9.77. The molecule has 5 atom stereocenters. The van der Waals surface area contributed by atoms with Crippen LogP contribution in [0.1, 0.15) is 73.1 Å². The molecule has 0 amide bonds. The number of ketones is 2. The Balaban J connectivity index is 2.00. The monoisotopic (exact) mass is 460 g/mol. The van der Waals surface area contributed by atoms with Crippen LogP contribution in [-0.4, -0.2) is 37.9 Å². The van der Waals surface area contributed by atoms with Gasteiger partial charge in [0.15, 0.2) is 11.9 Å². The Morgan fingerprint density at radius 3 is 2.27 bits per heavy atom. The third-order valence-corrected chi connectivity index (χ3v) is 6.97. The second kappa shape index (κ2) is 12.2. The fourth-order valence-electron chi connectivity index (χ4n) is 5.05. The molecule has 6 nitrogen and oxygen atoms in total. The van der Waals surface area contributed by atoms with Crippen LogP contribution in [-0.2, 0) is 28.6 Å². The average Bonchev–Trinajstić information content (AvgIpc) is 3.06. The third-order valence-electron chi connectivity index (χ3n) is 6.97. The lowest BCUT2D eigenvalue weighted by Gasteiger charge is -2.35. The Kier molecular flexibility index (Phi) is 9.93. The summed E-state index contributed by atoms with van der Waals surface area (Å²) in [6, 6.07) is 0. The Morgan fingerprint density at radius 1 is 1.03 bits per heavy atom. The summed E-state index contributed by atoms with van der Waals surface area (Å²) in [6.45, 7) is 9.47. The molecule has 0 aromatic heterocycles. The predicted octanol–water partition coefficient (Wildman–Crippen LogP) is 5.33. The van der Waals surface area contributed by atoms with Gasteiger partial charge in [-0.15, -0.1) is 0 Å². The van der Waals surface area contributed by atoms with Crippen molar-refractivity contribution in [3.8, 4) is 0 Å². The van der Waals surface area contributed by atoms with Gasteiger partial charge in [0.2, 0.25) is 11.5 Å². The van der Waals surface area contributed by atoms with Gasteiger partial charge in [0.1, 0.15) is 5.78 Å². The van der Waals surface area contributed by atoms with E-state index < -0.39 is 12.1 Å². The predicted molar refractivity (Wildman–Crippen MR) is 127 cm³/mol. The first kappa shape index (κ1) is 26.9. The van der Waals surface area contributed by atoms with Crippen molar-refractivity contribution in [1.29, 1.82) is 0 Å². The van der Waals surface area contributed by atoms with E-state index in [2.05, 4.69) is 26.0 Å². The number of methoxy groups -OCH3 is 2. The normalized spacial score (nSPS) is 28.9. The highest BCUT2D eigenvalue weighted by molar-refractivity contribution is 5.97. The van der Waals surface area contributed by atoms with Gasteiger partial charge >= 0.3 is 5.97 Å². The summed E-state index contributed by atoms with van der Waals surface area (Å²) in [7, 11) is 2.89. The highest BCUT2D eigenvalue weighted by Gasteiger charge is 2.45. The summed E-state index contributed by atoms with van der Waals surface area (Å²) in [4.78, 5) is 36.3. The SMILES string of the molecule is COC1=C(OC)[C@H](OC(C)=O)[C@H](CC=C(C)CCC=C(C)CC2CC(=O)C(C)C2)[C@@H](C)C1=O. The van der Waals surface area contributed by atoms with Gasteiger partial charge < -0.3 is 14.2 Å². The van der Waals surface area contributed by atoms with Gasteiger partial charge in [-0.2, -0.15) is 0 Å². The number of ether oxygens (including phenoxy) is 3. The molecular formula is C27H40O6. The molecule has 0 bridgehead atoms. The zero-order valence-electron chi connectivity index (χ0n) is 21.2. The van der Waals surface area contributed by atoms with Crippen LogP contribution in [0.2, 0.25) is 0 Å². The van der Waals surface area contributed by atoms with E-state index >= 15 is 0 Å². The summed E-state index contributed by atoms with van der Waals surface area (Å²) in [5.74, 6) is 0.393. The van der Waals surface area contributed by atoms with Crippen LogP contribution < -0.4 is 0 Å². The number of hydrogen-bond donors (Lipinski definition) is 0. The Bertz CT molecular complexity index is 834. The van der Waals surface area contributed by atoms with Crippen LogP contribution in [0.25, 0.3) is 0 Å². The smallest absolute Gasteiger partial charge is 0.303 e. The van der Waals surface area contributed by atoms with Crippen molar-refractivity contribution in [3.63, 3.8) is 0 Å². The van der Waals surface area contributed by atoms with E-state index in [0.717, 1.165) is 32.1 Å². The molecule has 0 radical (unpaired) electrons. The number of allylic oxidation sites excluding steroid dienone is 5. The number of hydrogen-bond acceptors (Lipinski definition) is 6. The van der Waals surface area contributed by atoms with Crippen LogP contribution in [0.4, 0.5) is 0 Å². The van der Waals surface area contributed by atoms with E-state index in [1.807, 2.05) is 13.8 Å². The third kappa shape index (κ3) is 7.05. The van der Waals surface area contributed by atoms with E-state index in [0.29, 0.717) is 18.1 Å². The van der Waals surface area contributed by atoms with Gasteiger partial charge in [-0.25, -0.2) is 0 Å². The van der Waals surface area contributed by atoms with Gasteiger partial charge in [0.05, 0.1) is 14.2 Å². The molecule has 0 N–H and O–H groups in total. The first-order chi connectivity index (χ1) is 15.6. The maximum Gasteiger partial charge on any atom is 0.303 e. The molecule has 0 aromatic rings. The van der Waals surface area contributed by atoms with Gasteiger partial charge in [-0.1, -0.05) is 37.1 Å². The van der Waals surface area contributed by atoms with Crippen molar-refractivity contribution in [2.75, 3.05) is 14.2 Å². The molecule has 0 aliphatic heterocycles. The highest BCUT2D eigenvalue weighted by atomic mass is 16.6. The van der Waals surface area contributed by atoms with Gasteiger partial charge in [0.25, 0.3) is 0 Å². The van der Waals surface area contributed by atoms with Crippen LogP contribution in [0.15, 0.2) is 34.8 Å². The number of Topliss-reactive ketones (excluding diaryl/α,β-unsaturated/α-hetero) is 2. The molecule has 2 rings (SSSR count). The van der Waals surface area contributed by atoms with Crippen molar-refractivity contribution in [3.05, 3.63) is 34.8 Å². The summed E-state index contributed by atoms with van der Waals surface area (Å²) in [5.41, 5.74) is 2.57. The Labute approximate surface area is 198 Å². The number of rotatable bonds is 10.